The SMILES string of the molecule is CN(C)C(CC(=O)O)c1ccc(Cl)c(Br)c1. The van der Waals surface area contributed by atoms with E-state index in [1.807, 2.05) is 31.1 Å². The fourth-order valence-electron chi connectivity index (χ4n) is 1.48. The molecule has 16 heavy (non-hydrogen) atoms. The Hall–Kier alpha value is -0.580. The summed E-state index contributed by atoms with van der Waals surface area (Å²) in [4.78, 5) is 12.7. The van der Waals surface area contributed by atoms with E-state index in [-0.39, 0.29) is 12.5 Å². The fraction of sp³-hybridized carbons (Fsp3) is 0.364. The highest BCUT2D eigenvalue weighted by Crippen LogP contribution is 2.29. The van der Waals surface area contributed by atoms with Crippen LogP contribution in [0.4, 0.5) is 0 Å². The summed E-state index contributed by atoms with van der Waals surface area (Å²) in [7, 11) is 3.71. The van der Waals surface area contributed by atoms with Crippen LogP contribution in [0.25, 0.3) is 0 Å². The molecule has 0 heterocycles. The summed E-state index contributed by atoms with van der Waals surface area (Å²) < 4.78 is 0.781. The van der Waals surface area contributed by atoms with Gasteiger partial charge < -0.3 is 10.0 Å². The van der Waals surface area contributed by atoms with Gasteiger partial charge in [0.15, 0.2) is 0 Å². The first kappa shape index (κ1) is 13.5. The van der Waals surface area contributed by atoms with Crippen LogP contribution in [-0.2, 0) is 4.79 Å². The number of hydrogen-bond donors (Lipinski definition) is 1. The summed E-state index contributed by atoms with van der Waals surface area (Å²) >= 11 is 9.23. The Morgan fingerprint density at radius 3 is 2.62 bits per heavy atom. The normalized spacial score (nSPS) is 12.8. The zero-order valence-corrected chi connectivity index (χ0v) is 11.4. The molecule has 0 aliphatic carbocycles. The lowest BCUT2D eigenvalue weighted by Gasteiger charge is -2.23. The van der Waals surface area contributed by atoms with Crippen molar-refractivity contribution in [3.8, 4) is 0 Å². The minimum atomic E-state index is -0.815. The Kier molecular flexibility index (Phi) is 4.77. The molecule has 1 atom stereocenters. The van der Waals surface area contributed by atoms with Crippen molar-refractivity contribution in [2.45, 2.75) is 12.5 Å². The van der Waals surface area contributed by atoms with Crippen molar-refractivity contribution in [2.75, 3.05) is 14.1 Å². The van der Waals surface area contributed by atoms with E-state index in [0.717, 1.165) is 10.0 Å². The molecule has 0 spiro atoms. The number of carbonyl (C=O) groups is 1. The van der Waals surface area contributed by atoms with Crippen molar-refractivity contribution in [3.05, 3.63) is 33.3 Å². The lowest BCUT2D eigenvalue weighted by atomic mass is 10.0. The highest BCUT2D eigenvalue weighted by atomic mass is 79.9. The van der Waals surface area contributed by atoms with E-state index in [1.165, 1.54) is 0 Å². The van der Waals surface area contributed by atoms with Crippen LogP contribution in [0, 0.1) is 0 Å². The average molecular weight is 307 g/mol. The van der Waals surface area contributed by atoms with Crippen molar-refractivity contribution in [1.29, 1.82) is 0 Å². The first-order valence-corrected chi connectivity index (χ1v) is 5.92. The zero-order valence-electron chi connectivity index (χ0n) is 9.08. The summed E-state index contributed by atoms with van der Waals surface area (Å²) in [5, 5.41) is 9.48. The number of nitrogens with zero attached hydrogens (tertiary/aromatic N) is 1. The van der Waals surface area contributed by atoms with Crippen LogP contribution in [-0.4, -0.2) is 30.1 Å². The lowest BCUT2D eigenvalue weighted by molar-refractivity contribution is -0.138. The maximum atomic E-state index is 10.8. The molecule has 1 rings (SSSR count). The molecule has 0 saturated carbocycles. The molecule has 1 aromatic carbocycles. The molecule has 0 aliphatic rings. The summed E-state index contributed by atoms with van der Waals surface area (Å²) in [5.74, 6) is -0.815. The fourth-order valence-corrected chi connectivity index (χ4v) is 2.00. The second-order valence-electron chi connectivity index (χ2n) is 3.75. The van der Waals surface area contributed by atoms with Crippen molar-refractivity contribution in [2.24, 2.45) is 0 Å². The van der Waals surface area contributed by atoms with Crippen LogP contribution < -0.4 is 0 Å². The van der Waals surface area contributed by atoms with Gasteiger partial charge in [-0.2, -0.15) is 0 Å². The quantitative estimate of drug-likeness (QED) is 0.929. The van der Waals surface area contributed by atoms with Crippen LogP contribution in [0.5, 0.6) is 0 Å². The van der Waals surface area contributed by atoms with E-state index in [4.69, 9.17) is 16.7 Å². The molecule has 0 fully saturated rings. The molecule has 1 N–H and O–H groups in total. The predicted molar refractivity (Wildman–Crippen MR) is 67.8 cm³/mol. The van der Waals surface area contributed by atoms with Gasteiger partial charge in [-0.15, -0.1) is 0 Å². The first-order valence-electron chi connectivity index (χ1n) is 4.75. The van der Waals surface area contributed by atoms with Gasteiger partial charge in [0.05, 0.1) is 11.4 Å². The average Bonchev–Trinajstić information content (AvgIpc) is 2.18. The molecule has 1 aromatic rings. The third-order valence-corrected chi connectivity index (χ3v) is 3.53. The molecule has 0 aromatic heterocycles. The number of carboxylic acid groups (broad SMARTS) is 1. The minimum absolute atomic E-state index is 0.0705. The number of rotatable bonds is 4. The molecule has 1 unspecified atom stereocenters. The molecule has 5 heteroatoms. The molecule has 0 aliphatic heterocycles. The highest BCUT2D eigenvalue weighted by molar-refractivity contribution is 9.10. The lowest BCUT2D eigenvalue weighted by Crippen LogP contribution is -2.22. The van der Waals surface area contributed by atoms with E-state index < -0.39 is 5.97 Å². The molecular weight excluding hydrogens is 293 g/mol. The van der Waals surface area contributed by atoms with E-state index >= 15 is 0 Å². The number of aliphatic carboxylic acids is 1. The second kappa shape index (κ2) is 5.66. The van der Waals surface area contributed by atoms with Gasteiger partial charge >= 0.3 is 5.97 Å². The summed E-state index contributed by atoms with van der Waals surface area (Å²) in [6, 6.07) is 5.32. The van der Waals surface area contributed by atoms with Gasteiger partial charge in [-0.3, -0.25) is 4.79 Å². The van der Waals surface area contributed by atoms with Crippen molar-refractivity contribution >= 4 is 33.5 Å². The van der Waals surface area contributed by atoms with E-state index in [1.54, 1.807) is 6.07 Å². The van der Waals surface area contributed by atoms with Gasteiger partial charge in [0.2, 0.25) is 0 Å². The van der Waals surface area contributed by atoms with E-state index in [9.17, 15) is 4.79 Å². The third-order valence-electron chi connectivity index (χ3n) is 2.32. The Morgan fingerprint density at radius 1 is 1.56 bits per heavy atom. The zero-order chi connectivity index (χ0) is 12.3. The number of halogens is 2. The van der Waals surface area contributed by atoms with Crippen molar-refractivity contribution in [3.63, 3.8) is 0 Å². The standard InChI is InChI=1S/C11H13BrClNO2/c1-14(2)10(6-11(15)16)7-3-4-9(13)8(12)5-7/h3-5,10H,6H2,1-2H3,(H,15,16). The monoisotopic (exact) mass is 305 g/mol. The molecule has 0 saturated heterocycles. The largest absolute Gasteiger partial charge is 0.481 e. The first-order chi connectivity index (χ1) is 7.41. The molecular formula is C11H13BrClNO2. The Bertz CT molecular complexity index is 396. The molecule has 3 nitrogen and oxygen atoms in total. The number of benzene rings is 1. The Morgan fingerprint density at radius 2 is 2.19 bits per heavy atom. The second-order valence-corrected chi connectivity index (χ2v) is 5.01. The van der Waals surface area contributed by atoms with Crippen molar-refractivity contribution < 1.29 is 9.90 Å². The number of carboxylic acids is 1. The van der Waals surface area contributed by atoms with E-state index in [2.05, 4.69) is 15.9 Å². The maximum Gasteiger partial charge on any atom is 0.305 e. The van der Waals surface area contributed by atoms with Crippen LogP contribution in [0.15, 0.2) is 22.7 Å². The molecule has 0 amide bonds. The summed E-state index contributed by atoms with van der Waals surface area (Å²) in [5.41, 5.74) is 0.934. The summed E-state index contributed by atoms with van der Waals surface area (Å²) in [6.07, 6.45) is 0.0705. The van der Waals surface area contributed by atoms with Crippen molar-refractivity contribution in [1.82, 2.24) is 4.90 Å². The van der Waals surface area contributed by atoms with Gasteiger partial charge in [-0.05, 0) is 47.7 Å². The van der Waals surface area contributed by atoms with Gasteiger partial charge in [0.1, 0.15) is 0 Å². The predicted octanol–water partition coefficient (Wildman–Crippen LogP) is 3.18. The van der Waals surface area contributed by atoms with E-state index in [0.29, 0.717) is 5.02 Å². The van der Waals surface area contributed by atoms with Gasteiger partial charge in [0, 0.05) is 10.5 Å². The topological polar surface area (TPSA) is 40.5 Å². The Labute approximate surface area is 108 Å². The van der Waals surface area contributed by atoms with Crippen LogP contribution in [0.1, 0.15) is 18.0 Å². The minimum Gasteiger partial charge on any atom is -0.481 e. The molecule has 0 bridgehead atoms. The van der Waals surface area contributed by atoms with Crippen LogP contribution in [0.2, 0.25) is 5.02 Å². The van der Waals surface area contributed by atoms with Gasteiger partial charge in [-0.25, -0.2) is 0 Å². The maximum absolute atomic E-state index is 10.8. The highest BCUT2D eigenvalue weighted by Gasteiger charge is 2.18. The van der Waals surface area contributed by atoms with Crippen LogP contribution >= 0.6 is 27.5 Å². The smallest absolute Gasteiger partial charge is 0.305 e. The molecule has 88 valence electrons. The molecule has 0 radical (unpaired) electrons. The number of hydrogen-bond acceptors (Lipinski definition) is 2. The summed E-state index contributed by atoms with van der Waals surface area (Å²) in [6.45, 7) is 0. The Balaban J connectivity index is 3.01. The van der Waals surface area contributed by atoms with Gasteiger partial charge in [0.25, 0.3) is 0 Å². The third kappa shape index (κ3) is 3.47. The van der Waals surface area contributed by atoms with Crippen LogP contribution in [0.3, 0.4) is 0 Å². The van der Waals surface area contributed by atoms with Gasteiger partial charge in [-0.1, -0.05) is 17.7 Å².